The molecule has 0 aliphatic heterocycles. The van der Waals surface area contributed by atoms with Gasteiger partial charge in [0.05, 0.1) is 45.2 Å². The molecule has 1 unspecified atom stereocenters. The van der Waals surface area contributed by atoms with E-state index in [1.165, 1.54) is 7.11 Å². The number of nitrogens with zero attached hydrogens (tertiary/aromatic N) is 2. The Morgan fingerprint density at radius 1 is 1.06 bits per heavy atom. The van der Waals surface area contributed by atoms with Crippen LogP contribution in [0, 0.1) is 11.7 Å². The van der Waals surface area contributed by atoms with E-state index in [4.69, 9.17) is 9.47 Å². The molecule has 2 aromatic carbocycles. The average Bonchev–Trinajstić information content (AvgIpc) is 2.82. The zero-order valence-electron chi connectivity index (χ0n) is 17.7. The van der Waals surface area contributed by atoms with Gasteiger partial charge in [-0.15, -0.1) is 0 Å². The second-order valence-corrected chi connectivity index (χ2v) is 7.96. The summed E-state index contributed by atoms with van der Waals surface area (Å²) in [5, 5.41) is 10.6. The molecule has 1 N–H and O–H groups in total. The highest BCUT2D eigenvalue weighted by Crippen LogP contribution is 2.37. The molecule has 0 amide bonds. The van der Waals surface area contributed by atoms with Gasteiger partial charge in [0, 0.05) is 5.92 Å². The molecule has 7 nitrogen and oxygen atoms in total. The summed E-state index contributed by atoms with van der Waals surface area (Å²) in [6.07, 6.45) is 0.481. The molecule has 3 aromatic rings. The molecule has 1 aliphatic carbocycles. The van der Waals surface area contributed by atoms with Gasteiger partial charge in [0.25, 0.3) is 5.56 Å². The van der Waals surface area contributed by atoms with Crippen LogP contribution in [0.5, 0.6) is 5.75 Å². The second kappa shape index (κ2) is 9.50. The molecule has 0 saturated heterocycles. The average molecular weight is 440 g/mol. The van der Waals surface area contributed by atoms with Gasteiger partial charge in [0.1, 0.15) is 5.75 Å². The van der Waals surface area contributed by atoms with Crippen molar-refractivity contribution >= 4 is 0 Å². The highest BCUT2D eigenvalue weighted by Gasteiger charge is 2.42. The summed E-state index contributed by atoms with van der Waals surface area (Å²) in [5.74, 6) is -0.564. The standard InChI is InChI=1S/C24H25FN2O5/c1-31-19-9-7-16(8-10-19)12-27-23(29)20(25)13-26(24(27)30)21-11-18(22(21)28)15-32-14-17-5-3-2-4-6-17/h2-10,13,18,21-22,28H,11-12,14-15H2,1H3/t18-,21-,22?/m1/s1. The number of aliphatic hydroxyl groups is 1. The first-order valence-corrected chi connectivity index (χ1v) is 10.4. The van der Waals surface area contributed by atoms with Crippen LogP contribution in [-0.4, -0.2) is 34.1 Å². The Morgan fingerprint density at radius 2 is 1.78 bits per heavy atom. The Balaban J connectivity index is 1.45. The van der Waals surface area contributed by atoms with E-state index in [0.717, 1.165) is 20.9 Å². The van der Waals surface area contributed by atoms with Crippen molar-refractivity contribution in [3.05, 3.63) is 98.6 Å². The number of hydrogen-bond acceptors (Lipinski definition) is 5. The highest BCUT2D eigenvalue weighted by atomic mass is 19.1. The summed E-state index contributed by atoms with van der Waals surface area (Å²) < 4.78 is 27.1. The quantitative estimate of drug-likeness (QED) is 0.582. The van der Waals surface area contributed by atoms with E-state index in [-0.39, 0.29) is 12.5 Å². The maximum absolute atomic E-state index is 14.4. The number of methoxy groups -OCH3 is 1. The van der Waals surface area contributed by atoms with E-state index in [9.17, 15) is 19.1 Å². The molecule has 1 heterocycles. The Hall–Kier alpha value is -3.23. The molecule has 0 spiro atoms. The van der Waals surface area contributed by atoms with Crippen LogP contribution in [0.15, 0.2) is 70.4 Å². The van der Waals surface area contributed by atoms with Crippen molar-refractivity contribution in [1.82, 2.24) is 9.13 Å². The molecule has 1 aliphatic rings. The fourth-order valence-corrected chi connectivity index (χ4v) is 3.93. The summed E-state index contributed by atoms with van der Waals surface area (Å²) in [4.78, 5) is 25.2. The van der Waals surface area contributed by atoms with E-state index in [1.54, 1.807) is 24.3 Å². The van der Waals surface area contributed by atoms with Crippen LogP contribution in [0.4, 0.5) is 4.39 Å². The van der Waals surface area contributed by atoms with Crippen molar-refractivity contribution in [2.75, 3.05) is 13.7 Å². The van der Waals surface area contributed by atoms with Crippen molar-refractivity contribution in [1.29, 1.82) is 0 Å². The monoisotopic (exact) mass is 440 g/mol. The molecule has 32 heavy (non-hydrogen) atoms. The summed E-state index contributed by atoms with van der Waals surface area (Å²) >= 11 is 0. The number of ether oxygens (including phenoxy) is 2. The predicted octanol–water partition coefficient (Wildman–Crippen LogP) is 2.34. The zero-order valence-corrected chi connectivity index (χ0v) is 17.7. The second-order valence-electron chi connectivity index (χ2n) is 7.96. The predicted molar refractivity (Wildman–Crippen MR) is 116 cm³/mol. The molecule has 1 saturated carbocycles. The fraction of sp³-hybridized carbons (Fsp3) is 0.333. The Morgan fingerprint density at radius 3 is 2.44 bits per heavy atom. The van der Waals surface area contributed by atoms with Crippen molar-refractivity contribution in [2.24, 2.45) is 5.92 Å². The van der Waals surface area contributed by atoms with Gasteiger partial charge in [0.2, 0.25) is 5.82 Å². The molecule has 3 atom stereocenters. The van der Waals surface area contributed by atoms with Gasteiger partial charge in [-0.2, -0.15) is 4.39 Å². The van der Waals surface area contributed by atoms with Gasteiger partial charge in [0.15, 0.2) is 0 Å². The number of halogens is 1. The molecular weight excluding hydrogens is 415 g/mol. The number of aromatic nitrogens is 2. The lowest BCUT2D eigenvalue weighted by Gasteiger charge is -2.41. The van der Waals surface area contributed by atoms with Crippen LogP contribution >= 0.6 is 0 Å². The Bertz CT molecular complexity index is 1170. The topological polar surface area (TPSA) is 82.7 Å². The van der Waals surface area contributed by atoms with Gasteiger partial charge in [-0.1, -0.05) is 42.5 Å². The molecule has 1 fully saturated rings. The first-order chi connectivity index (χ1) is 15.5. The number of hydrogen-bond donors (Lipinski definition) is 1. The molecular formula is C24H25FN2O5. The third-order valence-electron chi connectivity index (χ3n) is 5.88. The van der Waals surface area contributed by atoms with Crippen LogP contribution in [0.3, 0.4) is 0 Å². The molecule has 8 heteroatoms. The first kappa shape index (κ1) is 22.0. The van der Waals surface area contributed by atoms with Gasteiger partial charge >= 0.3 is 5.69 Å². The third kappa shape index (κ3) is 4.51. The van der Waals surface area contributed by atoms with E-state index < -0.39 is 29.2 Å². The van der Waals surface area contributed by atoms with Crippen LogP contribution in [-0.2, 0) is 17.9 Å². The van der Waals surface area contributed by atoms with E-state index >= 15 is 0 Å². The highest BCUT2D eigenvalue weighted by molar-refractivity contribution is 5.27. The SMILES string of the molecule is COc1ccc(Cn2c(=O)c(F)cn([C@@H]3C[C@H](COCc4ccccc4)C3O)c2=O)cc1. The van der Waals surface area contributed by atoms with E-state index in [0.29, 0.717) is 30.9 Å². The van der Waals surface area contributed by atoms with Crippen LogP contribution in [0.1, 0.15) is 23.6 Å². The third-order valence-corrected chi connectivity index (χ3v) is 5.88. The van der Waals surface area contributed by atoms with Crippen molar-refractivity contribution < 1.29 is 19.0 Å². The van der Waals surface area contributed by atoms with Gasteiger partial charge in [-0.3, -0.25) is 13.9 Å². The normalized spacial score (nSPS) is 20.0. The van der Waals surface area contributed by atoms with Crippen LogP contribution in [0.25, 0.3) is 0 Å². The summed E-state index contributed by atoms with van der Waals surface area (Å²) in [7, 11) is 1.54. The lowest BCUT2D eigenvalue weighted by molar-refractivity contribution is -0.0769. The molecule has 168 valence electrons. The number of rotatable bonds is 8. The van der Waals surface area contributed by atoms with Crippen LogP contribution < -0.4 is 16.0 Å². The van der Waals surface area contributed by atoms with Crippen molar-refractivity contribution in [3.63, 3.8) is 0 Å². The number of aliphatic hydroxyl groups excluding tert-OH is 1. The minimum absolute atomic E-state index is 0.0775. The lowest BCUT2D eigenvalue weighted by atomic mass is 9.77. The molecule has 0 radical (unpaired) electrons. The fourth-order valence-electron chi connectivity index (χ4n) is 3.93. The maximum atomic E-state index is 14.4. The van der Waals surface area contributed by atoms with Crippen LogP contribution in [0.2, 0.25) is 0 Å². The maximum Gasteiger partial charge on any atom is 0.331 e. The molecule has 0 bridgehead atoms. The van der Waals surface area contributed by atoms with E-state index in [1.807, 2.05) is 30.3 Å². The summed E-state index contributed by atoms with van der Waals surface area (Å²) in [6.45, 7) is 0.678. The minimum Gasteiger partial charge on any atom is -0.497 e. The van der Waals surface area contributed by atoms with Crippen molar-refractivity contribution in [3.8, 4) is 5.75 Å². The lowest BCUT2D eigenvalue weighted by Crippen LogP contribution is -2.52. The largest absolute Gasteiger partial charge is 0.497 e. The number of benzene rings is 2. The Labute approximate surface area is 184 Å². The van der Waals surface area contributed by atoms with E-state index in [2.05, 4.69) is 0 Å². The molecule has 4 rings (SSSR count). The first-order valence-electron chi connectivity index (χ1n) is 10.4. The van der Waals surface area contributed by atoms with Gasteiger partial charge < -0.3 is 14.6 Å². The smallest absolute Gasteiger partial charge is 0.331 e. The van der Waals surface area contributed by atoms with Gasteiger partial charge in [-0.05, 0) is 29.7 Å². The Kier molecular flexibility index (Phi) is 6.53. The summed E-state index contributed by atoms with van der Waals surface area (Å²) in [6, 6.07) is 15.9. The zero-order chi connectivity index (χ0) is 22.7. The van der Waals surface area contributed by atoms with Crippen molar-refractivity contribution in [2.45, 2.75) is 31.7 Å². The minimum atomic E-state index is -1.03. The molecule has 1 aromatic heterocycles. The summed E-state index contributed by atoms with van der Waals surface area (Å²) in [5.41, 5.74) is 0.0452. The van der Waals surface area contributed by atoms with Gasteiger partial charge in [-0.25, -0.2) is 4.79 Å².